The fourth-order valence-corrected chi connectivity index (χ4v) is 3.41. The van der Waals surface area contributed by atoms with Gasteiger partial charge in [0.1, 0.15) is 0 Å². The summed E-state index contributed by atoms with van der Waals surface area (Å²) in [6.45, 7) is 15.6. The van der Waals surface area contributed by atoms with Gasteiger partial charge in [0.2, 0.25) is 0 Å². The van der Waals surface area contributed by atoms with Gasteiger partial charge in [0.25, 0.3) is 0 Å². The number of nitrogens with two attached hydrogens (primary N) is 1. The molecule has 3 atom stereocenters. The SMILES string of the molecule is C=C(CC(C)C(C)C1(C)C=CC=C(NN)C=C1)N1CCNCC1. The Morgan fingerprint density at radius 1 is 1.39 bits per heavy atom. The van der Waals surface area contributed by atoms with Crippen molar-refractivity contribution >= 4 is 0 Å². The minimum Gasteiger partial charge on any atom is -0.373 e. The Morgan fingerprint density at radius 2 is 2.09 bits per heavy atom. The molecule has 2 rings (SSSR count). The van der Waals surface area contributed by atoms with Crippen molar-refractivity contribution in [3.05, 3.63) is 48.4 Å². The van der Waals surface area contributed by atoms with Crippen LogP contribution >= 0.6 is 0 Å². The molecule has 1 aliphatic carbocycles. The van der Waals surface area contributed by atoms with Gasteiger partial charge in [0, 0.05) is 43.0 Å². The summed E-state index contributed by atoms with van der Waals surface area (Å²) in [6, 6.07) is 0. The summed E-state index contributed by atoms with van der Waals surface area (Å²) in [6.07, 6.45) is 11.8. The third kappa shape index (κ3) is 4.49. The Morgan fingerprint density at radius 3 is 2.74 bits per heavy atom. The second-order valence-corrected chi connectivity index (χ2v) is 7.10. The molecule has 23 heavy (non-hydrogen) atoms. The predicted octanol–water partition coefficient (Wildman–Crippen LogP) is 2.55. The van der Waals surface area contributed by atoms with Gasteiger partial charge in [-0.3, -0.25) is 5.84 Å². The van der Waals surface area contributed by atoms with Gasteiger partial charge in [-0.25, -0.2) is 0 Å². The summed E-state index contributed by atoms with van der Waals surface area (Å²) >= 11 is 0. The molecule has 4 nitrogen and oxygen atoms in total. The topological polar surface area (TPSA) is 53.3 Å². The molecule has 1 fully saturated rings. The number of hydrogen-bond donors (Lipinski definition) is 3. The van der Waals surface area contributed by atoms with Gasteiger partial charge in [0.15, 0.2) is 0 Å². The molecule has 0 aromatic rings. The third-order valence-electron chi connectivity index (χ3n) is 5.48. The van der Waals surface area contributed by atoms with Crippen LogP contribution in [0.1, 0.15) is 27.2 Å². The van der Waals surface area contributed by atoms with E-state index in [0.717, 1.165) is 38.3 Å². The van der Waals surface area contributed by atoms with Crippen molar-refractivity contribution in [1.82, 2.24) is 15.6 Å². The molecule has 0 saturated carbocycles. The first-order chi connectivity index (χ1) is 11.0. The Hall–Kier alpha value is -1.52. The summed E-state index contributed by atoms with van der Waals surface area (Å²) in [5.41, 5.74) is 4.96. The highest BCUT2D eigenvalue weighted by molar-refractivity contribution is 5.30. The number of piperazine rings is 1. The second kappa shape index (κ2) is 7.84. The Labute approximate surface area is 141 Å². The first kappa shape index (κ1) is 17.8. The number of nitrogens with one attached hydrogen (secondary N) is 2. The van der Waals surface area contributed by atoms with Crippen LogP contribution < -0.4 is 16.6 Å². The standard InChI is InChI=1S/C19H32N4/c1-15(14-16(2)23-12-10-21-11-13-23)17(3)19(4)8-5-6-18(22-20)7-9-19/h5-9,15,17,21-22H,2,10-14,20H2,1,3-4H3. The molecule has 0 radical (unpaired) electrons. The number of rotatable bonds is 6. The molecule has 0 amide bonds. The summed E-state index contributed by atoms with van der Waals surface area (Å²) < 4.78 is 0. The molecule has 1 heterocycles. The van der Waals surface area contributed by atoms with E-state index in [0.29, 0.717) is 11.8 Å². The number of allylic oxidation sites excluding steroid dienone is 6. The molecule has 3 unspecified atom stereocenters. The van der Waals surface area contributed by atoms with E-state index in [1.54, 1.807) is 0 Å². The van der Waals surface area contributed by atoms with Crippen LogP contribution in [-0.4, -0.2) is 31.1 Å². The fourth-order valence-electron chi connectivity index (χ4n) is 3.41. The van der Waals surface area contributed by atoms with Crippen LogP contribution in [0.2, 0.25) is 0 Å². The Bertz CT molecular complexity index is 499. The zero-order valence-electron chi connectivity index (χ0n) is 14.8. The summed E-state index contributed by atoms with van der Waals surface area (Å²) in [4.78, 5) is 2.43. The van der Waals surface area contributed by atoms with Gasteiger partial charge in [-0.1, -0.05) is 45.6 Å². The van der Waals surface area contributed by atoms with Gasteiger partial charge in [-0.05, 0) is 30.4 Å². The monoisotopic (exact) mass is 316 g/mol. The second-order valence-electron chi connectivity index (χ2n) is 7.10. The molecule has 1 aliphatic heterocycles. The average Bonchev–Trinajstić information content (AvgIpc) is 2.77. The van der Waals surface area contributed by atoms with Crippen LogP contribution in [0, 0.1) is 17.3 Å². The van der Waals surface area contributed by atoms with Gasteiger partial charge in [-0.15, -0.1) is 0 Å². The van der Waals surface area contributed by atoms with E-state index in [4.69, 9.17) is 5.84 Å². The smallest absolute Gasteiger partial charge is 0.0482 e. The van der Waals surface area contributed by atoms with Crippen molar-refractivity contribution < 1.29 is 0 Å². The van der Waals surface area contributed by atoms with Crippen molar-refractivity contribution in [3.63, 3.8) is 0 Å². The lowest BCUT2D eigenvalue weighted by atomic mass is 9.70. The zero-order valence-corrected chi connectivity index (χ0v) is 14.8. The van der Waals surface area contributed by atoms with Gasteiger partial charge >= 0.3 is 0 Å². The number of nitrogens with zero attached hydrogens (tertiary/aromatic N) is 1. The summed E-state index contributed by atoms with van der Waals surface area (Å²) in [5.74, 6) is 6.59. The average molecular weight is 316 g/mol. The highest BCUT2D eigenvalue weighted by Gasteiger charge is 2.31. The lowest BCUT2D eigenvalue weighted by Crippen LogP contribution is -2.43. The Kier molecular flexibility index (Phi) is 6.08. The molecule has 1 saturated heterocycles. The minimum atomic E-state index is 0.0260. The molecule has 0 aromatic heterocycles. The maximum atomic E-state index is 5.52. The fraction of sp³-hybridized carbons (Fsp3) is 0.579. The molecule has 4 N–H and O–H groups in total. The van der Waals surface area contributed by atoms with Crippen molar-refractivity contribution in [3.8, 4) is 0 Å². The van der Waals surface area contributed by atoms with Crippen LogP contribution in [0.15, 0.2) is 48.4 Å². The first-order valence-corrected chi connectivity index (χ1v) is 8.65. The molecule has 4 heteroatoms. The van der Waals surface area contributed by atoms with Gasteiger partial charge in [0.05, 0.1) is 0 Å². The van der Waals surface area contributed by atoms with E-state index < -0.39 is 0 Å². The lowest BCUT2D eigenvalue weighted by Gasteiger charge is -2.37. The van der Waals surface area contributed by atoms with Crippen molar-refractivity contribution in [2.45, 2.75) is 27.2 Å². The quantitative estimate of drug-likeness (QED) is 0.521. The largest absolute Gasteiger partial charge is 0.373 e. The lowest BCUT2D eigenvalue weighted by molar-refractivity contribution is 0.222. The third-order valence-corrected chi connectivity index (χ3v) is 5.48. The normalized spacial score (nSPS) is 27.1. The summed E-state index contributed by atoms with van der Waals surface area (Å²) in [5, 5.41) is 3.40. The molecule has 0 bridgehead atoms. The predicted molar refractivity (Wildman–Crippen MR) is 98.3 cm³/mol. The number of hydrogen-bond acceptors (Lipinski definition) is 4. The first-order valence-electron chi connectivity index (χ1n) is 8.65. The van der Waals surface area contributed by atoms with Gasteiger partial charge < -0.3 is 15.6 Å². The van der Waals surface area contributed by atoms with Crippen LogP contribution in [0.4, 0.5) is 0 Å². The summed E-state index contributed by atoms with van der Waals surface area (Å²) in [7, 11) is 0. The molecule has 0 aromatic carbocycles. The zero-order chi connectivity index (χ0) is 16.9. The van der Waals surface area contributed by atoms with E-state index in [1.807, 2.05) is 6.08 Å². The van der Waals surface area contributed by atoms with Crippen LogP contribution in [0.5, 0.6) is 0 Å². The van der Waals surface area contributed by atoms with Crippen LogP contribution in [0.3, 0.4) is 0 Å². The molecule has 0 spiro atoms. The Balaban J connectivity index is 1.98. The maximum absolute atomic E-state index is 5.52. The van der Waals surface area contributed by atoms with Gasteiger partial charge in [-0.2, -0.15) is 0 Å². The van der Waals surface area contributed by atoms with Crippen LogP contribution in [-0.2, 0) is 0 Å². The molecular formula is C19H32N4. The van der Waals surface area contributed by atoms with Crippen molar-refractivity contribution in [1.29, 1.82) is 0 Å². The minimum absolute atomic E-state index is 0.0260. The van der Waals surface area contributed by atoms with Crippen molar-refractivity contribution in [2.75, 3.05) is 26.2 Å². The van der Waals surface area contributed by atoms with Crippen molar-refractivity contribution in [2.24, 2.45) is 23.1 Å². The number of hydrazine groups is 1. The molecule has 128 valence electrons. The van der Waals surface area contributed by atoms with E-state index in [1.165, 1.54) is 5.70 Å². The molecule has 2 aliphatic rings. The highest BCUT2D eigenvalue weighted by Crippen LogP contribution is 2.39. The maximum Gasteiger partial charge on any atom is 0.0482 e. The van der Waals surface area contributed by atoms with E-state index >= 15 is 0 Å². The van der Waals surface area contributed by atoms with E-state index in [2.05, 4.69) is 67.3 Å². The molecular weight excluding hydrogens is 284 g/mol. The van der Waals surface area contributed by atoms with E-state index in [-0.39, 0.29) is 5.41 Å². The van der Waals surface area contributed by atoms with E-state index in [9.17, 15) is 0 Å². The highest BCUT2D eigenvalue weighted by atomic mass is 15.2. The van der Waals surface area contributed by atoms with Crippen LogP contribution in [0.25, 0.3) is 0 Å².